The van der Waals surface area contributed by atoms with Crippen LogP contribution in [0.5, 0.6) is 5.75 Å². The van der Waals surface area contributed by atoms with Crippen LogP contribution in [0.3, 0.4) is 0 Å². The molecule has 0 radical (unpaired) electrons. The first-order chi connectivity index (χ1) is 10.2. The largest absolute Gasteiger partial charge is 0.497 e. The van der Waals surface area contributed by atoms with Gasteiger partial charge in [0.15, 0.2) is 0 Å². The van der Waals surface area contributed by atoms with Gasteiger partial charge < -0.3 is 14.8 Å². The average Bonchev–Trinajstić information content (AvgIpc) is 2.52. The van der Waals surface area contributed by atoms with E-state index in [1.54, 1.807) is 7.11 Å². The molecule has 3 heteroatoms. The minimum atomic E-state index is 0.207. The molecule has 120 valence electrons. The Labute approximate surface area is 130 Å². The van der Waals surface area contributed by atoms with E-state index >= 15 is 0 Å². The second-order valence-corrected chi connectivity index (χ2v) is 5.61. The third kappa shape index (κ3) is 6.96. The molecular weight excluding hydrogens is 262 g/mol. The van der Waals surface area contributed by atoms with Crippen molar-refractivity contribution in [1.82, 2.24) is 5.32 Å². The molecule has 0 spiro atoms. The molecule has 3 nitrogen and oxygen atoms in total. The van der Waals surface area contributed by atoms with Gasteiger partial charge in [-0.3, -0.25) is 0 Å². The highest BCUT2D eigenvalue weighted by Gasteiger charge is 2.12. The molecule has 2 unspecified atom stereocenters. The van der Waals surface area contributed by atoms with Crippen LogP contribution in [0.1, 0.15) is 57.6 Å². The van der Waals surface area contributed by atoms with Gasteiger partial charge in [-0.15, -0.1) is 0 Å². The highest BCUT2D eigenvalue weighted by molar-refractivity contribution is 5.30. The first-order valence-corrected chi connectivity index (χ1v) is 8.14. The Hall–Kier alpha value is -1.06. The molecule has 0 amide bonds. The second kappa shape index (κ2) is 10.6. The van der Waals surface area contributed by atoms with Crippen LogP contribution in [-0.4, -0.2) is 26.9 Å². The van der Waals surface area contributed by atoms with E-state index in [4.69, 9.17) is 9.47 Å². The fraction of sp³-hybridized carbons (Fsp3) is 0.667. The van der Waals surface area contributed by atoms with Gasteiger partial charge >= 0.3 is 0 Å². The van der Waals surface area contributed by atoms with E-state index < -0.39 is 0 Å². The molecule has 1 aromatic carbocycles. The SMILES string of the molecule is CCCCCCC(C)OCC(NC)c1cccc(OC)c1. The van der Waals surface area contributed by atoms with Gasteiger partial charge in [0.25, 0.3) is 0 Å². The molecule has 0 heterocycles. The number of unbranched alkanes of at least 4 members (excludes halogenated alkanes) is 3. The zero-order valence-corrected chi connectivity index (χ0v) is 14.0. The van der Waals surface area contributed by atoms with Gasteiger partial charge in [-0.2, -0.15) is 0 Å². The van der Waals surface area contributed by atoms with Crippen LogP contribution < -0.4 is 10.1 Å². The van der Waals surface area contributed by atoms with E-state index in [9.17, 15) is 0 Å². The van der Waals surface area contributed by atoms with Crippen molar-refractivity contribution in [1.29, 1.82) is 0 Å². The maximum absolute atomic E-state index is 6.00. The lowest BCUT2D eigenvalue weighted by molar-refractivity contribution is 0.0440. The molecule has 21 heavy (non-hydrogen) atoms. The summed E-state index contributed by atoms with van der Waals surface area (Å²) in [6.07, 6.45) is 6.66. The molecule has 0 saturated heterocycles. The Morgan fingerprint density at radius 2 is 2.00 bits per heavy atom. The predicted molar refractivity (Wildman–Crippen MR) is 89.0 cm³/mol. The smallest absolute Gasteiger partial charge is 0.119 e. The molecule has 0 saturated carbocycles. The summed E-state index contributed by atoms with van der Waals surface area (Å²) in [7, 11) is 3.67. The van der Waals surface area contributed by atoms with E-state index in [0.717, 1.165) is 12.2 Å². The minimum Gasteiger partial charge on any atom is -0.497 e. The van der Waals surface area contributed by atoms with Crippen molar-refractivity contribution in [2.24, 2.45) is 0 Å². The fourth-order valence-electron chi connectivity index (χ4n) is 2.41. The topological polar surface area (TPSA) is 30.5 Å². The van der Waals surface area contributed by atoms with Crippen LogP contribution in [-0.2, 0) is 4.74 Å². The van der Waals surface area contributed by atoms with Crippen LogP contribution in [0.15, 0.2) is 24.3 Å². The van der Waals surface area contributed by atoms with Crippen LogP contribution >= 0.6 is 0 Å². The molecule has 1 N–H and O–H groups in total. The monoisotopic (exact) mass is 293 g/mol. The number of ether oxygens (including phenoxy) is 2. The van der Waals surface area contributed by atoms with Gasteiger partial charge in [0.2, 0.25) is 0 Å². The third-order valence-corrected chi connectivity index (χ3v) is 3.86. The lowest BCUT2D eigenvalue weighted by Gasteiger charge is -2.20. The minimum absolute atomic E-state index is 0.207. The Morgan fingerprint density at radius 1 is 1.19 bits per heavy atom. The quantitative estimate of drug-likeness (QED) is 0.616. The van der Waals surface area contributed by atoms with E-state index in [0.29, 0.717) is 12.7 Å². The predicted octanol–water partition coefficient (Wildman–Crippen LogP) is 4.33. The third-order valence-electron chi connectivity index (χ3n) is 3.86. The number of rotatable bonds is 11. The van der Waals surface area contributed by atoms with Gasteiger partial charge in [0.1, 0.15) is 5.75 Å². The number of hydrogen-bond donors (Lipinski definition) is 1. The molecule has 0 aromatic heterocycles. The van der Waals surface area contributed by atoms with E-state index in [1.807, 2.05) is 19.2 Å². The fourth-order valence-corrected chi connectivity index (χ4v) is 2.41. The summed E-state index contributed by atoms with van der Waals surface area (Å²) in [6, 6.07) is 8.37. The number of methoxy groups -OCH3 is 1. The van der Waals surface area contributed by atoms with Crippen molar-refractivity contribution in [3.05, 3.63) is 29.8 Å². The van der Waals surface area contributed by atoms with Gasteiger partial charge in [-0.05, 0) is 38.1 Å². The molecule has 2 atom stereocenters. The van der Waals surface area contributed by atoms with Crippen molar-refractivity contribution >= 4 is 0 Å². The highest BCUT2D eigenvalue weighted by atomic mass is 16.5. The molecule has 0 aliphatic heterocycles. The van der Waals surface area contributed by atoms with Crippen LogP contribution in [0.4, 0.5) is 0 Å². The number of nitrogens with one attached hydrogen (secondary N) is 1. The Bertz CT molecular complexity index is 381. The van der Waals surface area contributed by atoms with Crippen LogP contribution in [0, 0.1) is 0 Å². The zero-order valence-electron chi connectivity index (χ0n) is 14.0. The van der Waals surface area contributed by atoms with Crippen molar-refractivity contribution in [3.8, 4) is 5.75 Å². The van der Waals surface area contributed by atoms with Crippen molar-refractivity contribution < 1.29 is 9.47 Å². The molecule has 1 rings (SSSR count). The van der Waals surface area contributed by atoms with Crippen LogP contribution in [0.25, 0.3) is 0 Å². The molecule has 0 aliphatic carbocycles. The maximum atomic E-state index is 6.00. The number of likely N-dealkylation sites (N-methyl/N-ethyl adjacent to an activating group) is 1. The molecule has 0 fully saturated rings. The normalized spacial score (nSPS) is 13.9. The summed E-state index contributed by atoms with van der Waals surface area (Å²) < 4.78 is 11.3. The van der Waals surface area contributed by atoms with Gasteiger partial charge in [0, 0.05) is 0 Å². The Morgan fingerprint density at radius 3 is 2.67 bits per heavy atom. The highest BCUT2D eigenvalue weighted by Crippen LogP contribution is 2.20. The van der Waals surface area contributed by atoms with Gasteiger partial charge in [-0.1, -0.05) is 44.7 Å². The Balaban J connectivity index is 2.39. The van der Waals surface area contributed by atoms with Crippen molar-refractivity contribution in [3.63, 3.8) is 0 Å². The summed E-state index contributed by atoms with van der Waals surface area (Å²) in [6.45, 7) is 5.11. The van der Waals surface area contributed by atoms with Crippen molar-refractivity contribution in [2.45, 2.75) is 58.1 Å². The lowest BCUT2D eigenvalue weighted by atomic mass is 10.1. The number of hydrogen-bond acceptors (Lipinski definition) is 3. The molecule has 0 bridgehead atoms. The molecule has 0 aliphatic rings. The second-order valence-electron chi connectivity index (χ2n) is 5.61. The summed E-state index contributed by atoms with van der Waals surface area (Å²) in [5, 5.41) is 3.32. The molecular formula is C18H31NO2. The van der Waals surface area contributed by atoms with E-state index in [2.05, 4.69) is 31.3 Å². The van der Waals surface area contributed by atoms with Gasteiger partial charge in [-0.25, -0.2) is 0 Å². The summed E-state index contributed by atoms with van der Waals surface area (Å²) in [5.41, 5.74) is 1.20. The number of benzene rings is 1. The maximum Gasteiger partial charge on any atom is 0.119 e. The first-order valence-electron chi connectivity index (χ1n) is 8.14. The van der Waals surface area contributed by atoms with E-state index in [1.165, 1.54) is 31.2 Å². The summed E-state index contributed by atoms with van der Waals surface area (Å²) in [4.78, 5) is 0. The summed E-state index contributed by atoms with van der Waals surface area (Å²) in [5.74, 6) is 0.889. The first kappa shape index (κ1) is 18.0. The van der Waals surface area contributed by atoms with E-state index in [-0.39, 0.29) is 6.04 Å². The average molecular weight is 293 g/mol. The zero-order chi connectivity index (χ0) is 15.5. The Kier molecular flexibility index (Phi) is 9.11. The lowest BCUT2D eigenvalue weighted by Crippen LogP contribution is -2.24. The summed E-state index contributed by atoms with van der Waals surface area (Å²) >= 11 is 0. The molecule has 1 aromatic rings. The standard InChI is InChI=1S/C18H31NO2/c1-5-6-7-8-10-15(2)21-14-18(19-3)16-11-9-12-17(13-16)20-4/h9,11-13,15,18-19H,5-8,10,14H2,1-4H3. The van der Waals surface area contributed by atoms with Gasteiger partial charge in [0.05, 0.1) is 25.9 Å². The van der Waals surface area contributed by atoms with Crippen LogP contribution in [0.2, 0.25) is 0 Å². The van der Waals surface area contributed by atoms with Crippen molar-refractivity contribution in [2.75, 3.05) is 20.8 Å².